The number of hydrogen-bond donors (Lipinski definition) is 1. The van der Waals surface area contributed by atoms with E-state index in [4.69, 9.17) is 4.98 Å². The molecule has 0 aromatic carbocycles. The average molecular weight is 309 g/mol. The van der Waals surface area contributed by atoms with E-state index in [0.717, 1.165) is 25.8 Å². The monoisotopic (exact) mass is 308 g/mol. The van der Waals surface area contributed by atoms with Crippen molar-refractivity contribution in [1.82, 2.24) is 10.3 Å². The van der Waals surface area contributed by atoms with Crippen LogP contribution in [0.5, 0.6) is 0 Å². The van der Waals surface area contributed by atoms with Crippen LogP contribution in [0.1, 0.15) is 58.6 Å². The number of thiophene rings is 1. The maximum absolute atomic E-state index is 4.86. The second-order valence-corrected chi connectivity index (χ2v) is 7.39. The minimum absolute atomic E-state index is 0.268. The van der Waals surface area contributed by atoms with E-state index >= 15 is 0 Å². The van der Waals surface area contributed by atoms with Crippen LogP contribution in [0.15, 0.2) is 12.1 Å². The van der Waals surface area contributed by atoms with Crippen molar-refractivity contribution >= 4 is 22.7 Å². The molecule has 0 bridgehead atoms. The molecule has 1 N–H and O–H groups in total. The fourth-order valence-electron chi connectivity index (χ4n) is 2.24. The van der Waals surface area contributed by atoms with Crippen LogP contribution in [-0.4, -0.2) is 11.5 Å². The molecule has 110 valence electrons. The second kappa shape index (κ2) is 7.34. The van der Waals surface area contributed by atoms with Gasteiger partial charge in [-0.2, -0.15) is 0 Å². The molecule has 1 atom stereocenters. The van der Waals surface area contributed by atoms with Gasteiger partial charge in [0.25, 0.3) is 0 Å². The van der Waals surface area contributed by atoms with Gasteiger partial charge in [-0.25, -0.2) is 4.98 Å². The highest BCUT2D eigenvalue weighted by molar-refractivity contribution is 7.13. The Kier molecular flexibility index (Phi) is 5.75. The Hall–Kier alpha value is -0.710. The van der Waals surface area contributed by atoms with Gasteiger partial charge in [0.15, 0.2) is 0 Å². The summed E-state index contributed by atoms with van der Waals surface area (Å²) in [5.74, 6) is 0. The van der Waals surface area contributed by atoms with Crippen molar-refractivity contribution in [2.24, 2.45) is 0 Å². The van der Waals surface area contributed by atoms with Gasteiger partial charge in [-0.1, -0.05) is 20.8 Å². The lowest BCUT2D eigenvalue weighted by Gasteiger charge is -2.14. The third-order valence-electron chi connectivity index (χ3n) is 3.40. The molecule has 20 heavy (non-hydrogen) atoms. The van der Waals surface area contributed by atoms with Crippen LogP contribution in [0, 0.1) is 6.92 Å². The van der Waals surface area contributed by atoms with Crippen molar-refractivity contribution in [3.8, 4) is 0 Å². The van der Waals surface area contributed by atoms with Crippen molar-refractivity contribution in [1.29, 1.82) is 0 Å². The highest BCUT2D eigenvalue weighted by atomic mass is 32.1. The molecule has 2 heterocycles. The summed E-state index contributed by atoms with van der Waals surface area (Å²) in [4.78, 5) is 9.06. The summed E-state index contributed by atoms with van der Waals surface area (Å²) < 4.78 is 0. The lowest BCUT2D eigenvalue weighted by molar-refractivity contribution is 0.602. The number of nitrogens with one attached hydrogen (secondary N) is 1. The maximum Gasteiger partial charge on any atom is 0.115 e. The summed E-state index contributed by atoms with van der Waals surface area (Å²) in [5, 5.41) is 4.88. The summed E-state index contributed by atoms with van der Waals surface area (Å²) in [6, 6.07) is 4.78. The second-order valence-electron chi connectivity index (χ2n) is 4.95. The number of hydrogen-bond acceptors (Lipinski definition) is 4. The zero-order valence-electron chi connectivity index (χ0n) is 12.8. The van der Waals surface area contributed by atoms with E-state index in [9.17, 15) is 0 Å². The minimum Gasteiger partial charge on any atom is -0.304 e. The molecule has 0 saturated heterocycles. The first kappa shape index (κ1) is 15.7. The maximum atomic E-state index is 4.86. The predicted octanol–water partition coefficient (Wildman–Crippen LogP) is 4.73. The van der Waals surface area contributed by atoms with E-state index in [0.29, 0.717) is 0 Å². The third kappa shape index (κ3) is 3.48. The number of thiazole rings is 1. The van der Waals surface area contributed by atoms with E-state index in [2.05, 4.69) is 45.1 Å². The van der Waals surface area contributed by atoms with Gasteiger partial charge < -0.3 is 5.32 Å². The van der Waals surface area contributed by atoms with Crippen molar-refractivity contribution in [2.75, 3.05) is 6.54 Å². The Morgan fingerprint density at radius 1 is 1.15 bits per heavy atom. The van der Waals surface area contributed by atoms with Crippen LogP contribution in [-0.2, 0) is 12.8 Å². The van der Waals surface area contributed by atoms with Crippen molar-refractivity contribution < 1.29 is 0 Å². The number of aromatic nitrogens is 1. The molecule has 2 aromatic rings. The number of rotatable bonds is 7. The van der Waals surface area contributed by atoms with Crippen LogP contribution in [0.3, 0.4) is 0 Å². The van der Waals surface area contributed by atoms with Crippen LogP contribution < -0.4 is 5.32 Å². The average Bonchev–Trinajstić information content (AvgIpc) is 3.06. The summed E-state index contributed by atoms with van der Waals surface area (Å²) in [6.45, 7) is 9.82. The highest BCUT2D eigenvalue weighted by Gasteiger charge is 2.20. The summed E-state index contributed by atoms with van der Waals surface area (Å²) in [7, 11) is 0. The van der Waals surface area contributed by atoms with Gasteiger partial charge in [0.05, 0.1) is 11.7 Å². The van der Waals surface area contributed by atoms with Gasteiger partial charge in [-0.05, 0) is 44.9 Å². The molecule has 0 amide bonds. The lowest BCUT2D eigenvalue weighted by Crippen LogP contribution is -2.22. The van der Waals surface area contributed by atoms with E-state index in [-0.39, 0.29) is 6.04 Å². The number of nitrogens with zero attached hydrogens (tertiary/aromatic N) is 1. The standard InChI is InChI=1S/C16H24N2S2/c1-5-10-17-15(14-9-8-12(6-2)20-14)16-18-13(7-3)11(4)19-16/h8-9,15,17H,5-7,10H2,1-4H3. The molecule has 2 nitrogen and oxygen atoms in total. The first-order valence-electron chi connectivity index (χ1n) is 7.47. The lowest BCUT2D eigenvalue weighted by atomic mass is 10.2. The molecule has 2 aromatic heterocycles. The Morgan fingerprint density at radius 2 is 1.95 bits per heavy atom. The van der Waals surface area contributed by atoms with Crippen molar-refractivity contribution in [3.05, 3.63) is 37.5 Å². The smallest absolute Gasteiger partial charge is 0.115 e. The molecule has 0 aliphatic carbocycles. The Bertz CT molecular complexity index is 542. The summed E-state index contributed by atoms with van der Waals surface area (Å²) in [6.07, 6.45) is 3.28. The topological polar surface area (TPSA) is 24.9 Å². The van der Waals surface area contributed by atoms with Crippen LogP contribution >= 0.6 is 22.7 Å². The molecule has 0 aliphatic rings. The highest BCUT2D eigenvalue weighted by Crippen LogP contribution is 2.32. The van der Waals surface area contributed by atoms with Crippen LogP contribution in [0.25, 0.3) is 0 Å². The molecular formula is C16H24N2S2. The molecular weight excluding hydrogens is 284 g/mol. The molecule has 0 aliphatic heterocycles. The van der Waals surface area contributed by atoms with Gasteiger partial charge >= 0.3 is 0 Å². The fraction of sp³-hybridized carbons (Fsp3) is 0.562. The van der Waals surface area contributed by atoms with Gasteiger partial charge in [0, 0.05) is 14.6 Å². The zero-order valence-corrected chi connectivity index (χ0v) is 14.5. The van der Waals surface area contributed by atoms with Gasteiger partial charge in [0.1, 0.15) is 5.01 Å². The number of aryl methyl sites for hydroxylation is 3. The van der Waals surface area contributed by atoms with E-state index < -0.39 is 0 Å². The Morgan fingerprint density at radius 3 is 2.50 bits per heavy atom. The quantitative estimate of drug-likeness (QED) is 0.800. The zero-order chi connectivity index (χ0) is 14.5. The van der Waals surface area contributed by atoms with Crippen LogP contribution in [0.2, 0.25) is 0 Å². The van der Waals surface area contributed by atoms with Crippen molar-refractivity contribution in [3.63, 3.8) is 0 Å². The molecule has 0 fully saturated rings. The molecule has 0 radical (unpaired) electrons. The summed E-state index contributed by atoms with van der Waals surface area (Å²) in [5.41, 5.74) is 1.25. The molecule has 0 saturated carbocycles. The minimum atomic E-state index is 0.268. The fourth-order valence-corrected chi connectivity index (χ4v) is 4.45. The summed E-state index contributed by atoms with van der Waals surface area (Å²) >= 11 is 3.76. The van der Waals surface area contributed by atoms with E-state index in [1.54, 1.807) is 0 Å². The first-order chi connectivity index (χ1) is 9.69. The first-order valence-corrected chi connectivity index (χ1v) is 9.11. The van der Waals surface area contributed by atoms with Crippen molar-refractivity contribution in [2.45, 2.75) is 53.0 Å². The molecule has 0 spiro atoms. The third-order valence-corrected chi connectivity index (χ3v) is 5.78. The molecule has 2 rings (SSSR count). The van der Waals surface area contributed by atoms with Crippen LogP contribution in [0.4, 0.5) is 0 Å². The SMILES string of the molecule is CCCNC(c1ccc(CC)s1)c1nc(CC)c(C)s1. The van der Waals surface area contributed by atoms with Gasteiger partial charge in [-0.3, -0.25) is 0 Å². The normalized spacial score (nSPS) is 12.8. The van der Waals surface area contributed by atoms with E-state index in [1.165, 1.54) is 25.3 Å². The largest absolute Gasteiger partial charge is 0.304 e. The van der Waals surface area contributed by atoms with Gasteiger partial charge in [-0.15, -0.1) is 22.7 Å². The Balaban J connectivity index is 2.30. The molecule has 4 heteroatoms. The molecule has 1 unspecified atom stereocenters. The Labute approximate surface area is 130 Å². The predicted molar refractivity (Wildman–Crippen MR) is 90.1 cm³/mol. The van der Waals surface area contributed by atoms with Gasteiger partial charge in [0.2, 0.25) is 0 Å². The van der Waals surface area contributed by atoms with E-state index in [1.807, 2.05) is 22.7 Å².